The van der Waals surface area contributed by atoms with E-state index in [9.17, 15) is 4.79 Å². The molecule has 4 heteroatoms. The first-order valence-electron chi connectivity index (χ1n) is 6.22. The molecule has 0 bridgehead atoms. The normalized spacial score (nSPS) is 36.6. The number of carbonyl (C=O) groups excluding carboxylic acids is 1. The number of ketones is 1. The highest BCUT2D eigenvalue weighted by Crippen LogP contribution is 2.39. The van der Waals surface area contributed by atoms with Gasteiger partial charge in [-0.2, -0.15) is 0 Å². The zero-order chi connectivity index (χ0) is 13.4. The van der Waals surface area contributed by atoms with Gasteiger partial charge < -0.3 is 14.2 Å². The van der Waals surface area contributed by atoms with Crippen LogP contribution in [0, 0.1) is 5.92 Å². The van der Waals surface area contributed by atoms with Crippen molar-refractivity contribution in [2.24, 2.45) is 5.92 Å². The van der Waals surface area contributed by atoms with Crippen LogP contribution < -0.4 is 0 Å². The van der Waals surface area contributed by atoms with E-state index in [4.69, 9.17) is 14.2 Å². The molecule has 1 saturated heterocycles. The van der Waals surface area contributed by atoms with Gasteiger partial charge in [0.2, 0.25) is 0 Å². The molecule has 0 radical (unpaired) electrons. The van der Waals surface area contributed by atoms with E-state index in [1.54, 1.807) is 6.08 Å². The van der Waals surface area contributed by atoms with Crippen LogP contribution in [0.5, 0.6) is 0 Å². The Bertz CT molecular complexity index is 385. The largest absolute Gasteiger partial charge is 0.346 e. The summed E-state index contributed by atoms with van der Waals surface area (Å²) in [5, 5.41) is 0. The highest BCUT2D eigenvalue weighted by molar-refractivity contribution is 5.91. The smallest absolute Gasteiger partial charge is 0.194 e. The summed E-state index contributed by atoms with van der Waals surface area (Å²) in [5.41, 5.74) is 0. The summed E-state index contributed by atoms with van der Waals surface area (Å²) >= 11 is 0. The van der Waals surface area contributed by atoms with Crippen LogP contribution in [-0.2, 0) is 19.0 Å². The third-order valence-corrected chi connectivity index (χ3v) is 3.28. The van der Waals surface area contributed by atoms with Crippen LogP contribution in [0.25, 0.3) is 0 Å². The maximum Gasteiger partial charge on any atom is 0.194 e. The van der Waals surface area contributed by atoms with Gasteiger partial charge in [0.25, 0.3) is 0 Å². The van der Waals surface area contributed by atoms with Gasteiger partial charge in [-0.3, -0.25) is 4.79 Å². The Morgan fingerprint density at radius 1 is 1.56 bits per heavy atom. The zero-order valence-electron chi connectivity index (χ0n) is 11.1. The maximum absolute atomic E-state index is 11.2. The molecule has 0 amide bonds. The quantitative estimate of drug-likeness (QED) is 0.707. The summed E-state index contributed by atoms with van der Waals surface area (Å²) < 4.78 is 17.4. The third kappa shape index (κ3) is 2.71. The minimum atomic E-state index is -0.850. The monoisotopic (exact) mass is 252 g/mol. The number of rotatable bonds is 2. The molecule has 18 heavy (non-hydrogen) atoms. The van der Waals surface area contributed by atoms with Gasteiger partial charge in [-0.15, -0.1) is 6.58 Å². The third-order valence-electron chi connectivity index (χ3n) is 3.28. The second-order valence-electron chi connectivity index (χ2n) is 5.36. The summed E-state index contributed by atoms with van der Waals surface area (Å²) in [7, 11) is 0. The van der Waals surface area contributed by atoms with E-state index in [1.807, 2.05) is 26.8 Å². The van der Waals surface area contributed by atoms with Crippen molar-refractivity contribution in [1.82, 2.24) is 0 Å². The van der Waals surface area contributed by atoms with E-state index in [1.165, 1.54) is 6.08 Å². The van der Waals surface area contributed by atoms with E-state index >= 15 is 0 Å². The molecule has 2 heterocycles. The Labute approximate surface area is 108 Å². The van der Waals surface area contributed by atoms with E-state index in [-0.39, 0.29) is 24.4 Å². The lowest BCUT2D eigenvalue weighted by atomic mass is 9.93. The van der Waals surface area contributed by atoms with E-state index in [2.05, 4.69) is 6.58 Å². The highest BCUT2D eigenvalue weighted by atomic mass is 16.8. The lowest BCUT2D eigenvalue weighted by molar-refractivity contribution is -0.386. The topological polar surface area (TPSA) is 44.8 Å². The Balaban J connectivity index is 2.24. The predicted octanol–water partition coefficient (Wildman–Crippen LogP) is 2.20. The van der Waals surface area contributed by atoms with Gasteiger partial charge in [0.1, 0.15) is 6.61 Å². The van der Waals surface area contributed by atoms with Gasteiger partial charge >= 0.3 is 0 Å². The molecule has 2 rings (SSSR count). The SMILES string of the molecule is C=CC(C)[C@@H]1C[C@]2(C=CC(=O)CO2)OC(C)(C)O1. The first-order chi connectivity index (χ1) is 8.36. The molecule has 3 atom stereocenters. The number of hydrogen-bond donors (Lipinski definition) is 0. The minimum absolute atomic E-state index is 0.0379. The Morgan fingerprint density at radius 3 is 2.83 bits per heavy atom. The van der Waals surface area contributed by atoms with E-state index < -0.39 is 11.6 Å². The van der Waals surface area contributed by atoms with Crippen LogP contribution in [0.3, 0.4) is 0 Å². The van der Waals surface area contributed by atoms with Crippen molar-refractivity contribution < 1.29 is 19.0 Å². The molecule has 0 aromatic rings. The average molecular weight is 252 g/mol. The maximum atomic E-state index is 11.2. The van der Waals surface area contributed by atoms with Gasteiger partial charge in [0.05, 0.1) is 6.10 Å². The number of carbonyl (C=O) groups is 1. The molecule has 1 fully saturated rings. The molecule has 2 aliphatic rings. The standard InChI is InChI=1S/C14H20O4/c1-5-10(2)12-8-14(18-13(3,4)17-12)7-6-11(15)9-16-14/h5-7,10,12H,1,8-9H2,2-4H3/t10?,12-,14-/m0/s1. The van der Waals surface area contributed by atoms with Crippen LogP contribution in [0.2, 0.25) is 0 Å². The molecule has 0 aromatic carbocycles. The molecule has 0 N–H and O–H groups in total. The van der Waals surface area contributed by atoms with Crippen LogP contribution in [0.1, 0.15) is 27.2 Å². The van der Waals surface area contributed by atoms with Crippen molar-refractivity contribution >= 4 is 5.78 Å². The van der Waals surface area contributed by atoms with Gasteiger partial charge in [0.15, 0.2) is 17.4 Å². The lowest BCUT2D eigenvalue weighted by Crippen LogP contribution is -2.55. The Morgan fingerprint density at radius 2 is 2.28 bits per heavy atom. The molecule has 100 valence electrons. The van der Waals surface area contributed by atoms with Crippen LogP contribution in [0.15, 0.2) is 24.8 Å². The molecule has 0 aliphatic carbocycles. The molecule has 4 nitrogen and oxygen atoms in total. The van der Waals surface area contributed by atoms with Gasteiger partial charge in [-0.1, -0.05) is 13.0 Å². The fourth-order valence-corrected chi connectivity index (χ4v) is 2.31. The molecule has 0 aromatic heterocycles. The minimum Gasteiger partial charge on any atom is -0.346 e. The second-order valence-corrected chi connectivity index (χ2v) is 5.36. The summed E-state index contributed by atoms with van der Waals surface area (Å²) in [5.74, 6) is -1.44. The molecule has 0 saturated carbocycles. The first-order valence-corrected chi connectivity index (χ1v) is 6.22. The number of hydrogen-bond acceptors (Lipinski definition) is 4. The van der Waals surface area contributed by atoms with Crippen molar-refractivity contribution in [3.05, 3.63) is 24.8 Å². The predicted molar refractivity (Wildman–Crippen MR) is 66.8 cm³/mol. The van der Waals surface area contributed by atoms with E-state index in [0.29, 0.717) is 6.42 Å². The summed E-state index contributed by atoms with van der Waals surface area (Å²) in [6.45, 7) is 9.60. The van der Waals surface area contributed by atoms with Gasteiger partial charge in [-0.05, 0) is 26.0 Å². The van der Waals surface area contributed by atoms with Gasteiger partial charge in [0, 0.05) is 12.3 Å². The second kappa shape index (κ2) is 4.61. The van der Waals surface area contributed by atoms with Crippen LogP contribution in [-0.4, -0.2) is 30.1 Å². The zero-order valence-corrected chi connectivity index (χ0v) is 11.1. The fraction of sp³-hybridized carbons (Fsp3) is 0.643. The van der Waals surface area contributed by atoms with Crippen LogP contribution >= 0.6 is 0 Å². The lowest BCUT2D eigenvalue weighted by Gasteiger charge is -2.48. The van der Waals surface area contributed by atoms with Crippen molar-refractivity contribution in [3.8, 4) is 0 Å². The summed E-state index contributed by atoms with van der Waals surface area (Å²) in [6, 6.07) is 0. The Hall–Kier alpha value is -0.970. The first kappa shape index (κ1) is 13.5. The molecular formula is C14H20O4. The van der Waals surface area contributed by atoms with Crippen molar-refractivity contribution in [1.29, 1.82) is 0 Å². The average Bonchev–Trinajstić information content (AvgIpc) is 2.30. The molecule has 2 aliphatic heterocycles. The van der Waals surface area contributed by atoms with Crippen molar-refractivity contribution in [2.75, 3.05) is 6.61 Å². The van der Waals surface area contributed by atoms with Crippen molar-refractivity contribution in [3.63, 3.8) is 0 Å². The Kier molecular flexibility index (Phi) is 3.45. The summed E-state index contributed by atoms with van der Waals surface area (Å²) in [4.78, 5) is 11.2. The van der Waals surface area contributed by atoms with Gasteiger partial charge in [-0.25, -0.2) is 0 Å². The highest BCUT2D eigenvalue weighted by Gasteiger charge is 2.47. The van der Waals surface area contributed by atoms with Crippen LogP contribution in [0.4, 0.5) is 0 Å². The van der Waals surface area contributed by atoms with E-state index in [0.717, 1.165) is 0 Å². The molecule has 1 unspecified atom stereocenters. The fourth-order valence-electron chi connectivity index (χ4n) is 2.31. The summed E-state index contributed by atoms with van der Waals surface area (Å²) in [6.07, 6.45) is 5.61. The molecular weight excluding hydrogens is 232 g/mol. The number of ether oxygens (including phenoxy) is 3. The molecule has 1 spiro atoms. The van der Waals surface area contributed by atoms with Crippen molar-refractivity contribution in [2.45, 2.75) is 44.9 Å².